The van der Waals surface area contributed by atoms with Crippen LogP contribution in [-0.2, 0) is 17.7 Å². The zero-order valence-electron chi connectivity index (χ0n) is 13.8. The fourth-order valence-electron chi connectivity index (χ4n) is 2.81. The fourth-order valence-corrected chi connectivity index (χ4v) is 3.35. The van der Waals surface area contributed by atoms with Crippen LogP contribution in [0.3, 0.4) is 0 Å². The summed E-state index contributed by atoms with van der Waals surface area (Å²) in [6.45, 7) is 10.8. The van der Waals surface area contributed by atoms with E-state index >= 15 is 0 Å². The minimum atomic E-state index is -0.311. The molecule has 1 aliphatic heterocycles. The first-order valence-electron chi connectivity index (χ1n) is 7.56. The number of phenols is 1. The number of hydrogen-bond acceptors (Lipinski definition) is 3. The SMILES string of the molecule is C=C/C=C(\C)COC(=O)N1CCc2c(C)c(O)c(Br)c(C)c2C1. The van der Waals surface area contributed by atoms with Crippen molar-refractivity contribution in [2.75, 3.05) is 13.2 Å². The first kappa shape index (κ1) is 17.6. The van der Waals surface area contributed by atoms with Gasteiger partial charge < -0.3 is 14.7 Å². The summed E-state index contributed by atoms with van der Waals surface area (Å²) >= 11 is 3.43. The molecule has 1 aliphatic rings. The maximum absolute atomic E-state index is 12.3. The summed E-state index contributed by atoms with van der Waals surface area (Å²) in [4.78, 5) is 14.0. The molecule has 0 bridgehead atoms. The Balaban J connectivity index is 2.16. The number of aromatic hydroxyl groups is 1. The normalized spacial score (nSPS) is 14.4. The second kappa shape index (κ2) is 7.21. The van der Waals surface area contributed by atoms with Crippen LogP contribution in [0.15, 0.2) is 28.8 Å². The lowest BCUT2D eigenvalue weighted by molar-refractivity contribution is 0.105. The van der Waals surface area contributed by atoms with Gasteiger partial charge in [0.25, 0.3) is 0 Å². The number of carbonyl (C=O) groups is 1. The van der Waals surface area contributed by atoms with Gasteiger partial charge in [-0.3, -0.25) is 0 Å². The number of carbonyl (C=O) groups excluding carboxylic acids is 1. The van der Waals surface area contributed by atoms with Gasteiger partial charge in [0.15, 0.2) is 0 Å². The molecule has 0 aromatic heterocycles. The Bertz CT molecular complexity index is 680. The Kier molecular flexibility index (Phi) is 5.52. The van der Waals surface area contributed by atoms with Gasteiger partial charge in [0, 0.05) is 13.1 Å². The van der Waals surface area contributed by atoms with Crippen molar-refractivity contribution in [1.29, 1.82) is 0 Å². The smallest absolute Gasteiger partial charge is 0.410 e. The van der Waals surface area contributed by atoms with Crippen molar-refractivity contribution >= 4 is 22.0 Å². The van der Waals surface area contributed by atoms with Crippen LogP contribution < -0.4 is 0 Å². The molecule has 0 spiro atoms. The van der Waals surface area contributed by atoms with Gasteiger partial charge in [-0.15, -0.1) is 0 Å². The molecule has 0 aliphatic carbocycles. The molecule has 5 heteroatoms. The first-order chi connectivity index (χ1) is 10.9. The molecule has 1 amide bonds. The topological polar surface area (TPSA) is 49.8 Å². The summed E-state index contributed by atoms with van der Waals surface area (Å²) in [5.41, 5.74) is 5.03. The van der Waals surface area contributed by atoms with Crippen LogP contribution in [0.4, 0.5) is 4.79 Å². The largest absolute Gasteiger partial charge is 0.506 e. The van der Waals surface area contributed by atoms with Crippen LogP contribution in [0.2, 0.25) is 0 Å². The Labute approximate surface area is 145 Å². The van der Waals surface area contributed by atoms with Gasteiger partial charge >= 0.3 is 6.09 Å². The van der Waals surface area contributed by atoms with Crippen molar-refractivity contribution in [2.45, 2.75) is 33.7 Å². The fraction of sp³-hybridized carbons (Fsp3) is 0.389. The predicted molar refractivity (Wildman–Crippen MR) is 94.7 cm³/mol. The Morgan fingerprint density at radius 1 is 1.39 bits per heavy atom. The minimum Gasteiger partial charge on any atom is -0.506 e. The lowest BCUT2D eigenvalue weighted by Gasteiger charge is -2.31. The number of fused-ring (bicyclic) bond motifs is 1. The minimum absolute atomic E-state index is 0.269. The highest BCUT2D eigenvalue weighted by molar-refractivity contribution is 9.10. The van der Waals surface area contributed by atoms with E-state index in [4.69, 9.17) is 4.74 Å². The van der Waals surface area contributed by atoms with Crippen LogP contribution in [-0.4, -0.2) is 29.3 Å². The van der Waals surface area contributed by atoms with Gasteiger partial charge in [-0.2, -0.15) is 0 Å². The number of halogens is 1. The number of benzene rings is 1. The number of phenolic OH excluding ortho intramolecular Hbond substituents is 1. The zero-order valence-corrected chi connectivity index (χ0v) is 15.4. The van der Waals surface area contributed by atoms with Gasteiger partial charge in [-0.25, -0.2) is 4.79 Å². The van der Waals surface area contributed by atoms with Gasteiger partial charge in [-0.1, -0.05) is 18.7 Å². The molecular formula is C18H22BrNO3. The predicted octanol–water partition coefficient (Wildman–Crippen LogP) is 4.40. The highest BCUT2D eigenvalue weighted by Gasteiger charge is 2.27. The number of amides is 1. The van der Waals surface area contributed by atoms with Crippen LogP contribution in [0.1, 0.15) is 29.2 Å². The molecule has 1 aromatic carbocycles. The lowest BCUT2D eigenvalue weighted by atomic mass is 9.91. The molecule has 23 heavy (non-hydrogen) atoms. The second-order valence-corrected chi connectivity index (χ2v) is 6.64. The third kappa shape index (κ3) is 3.61. The average Bonchev–Trinajstić information content (AvgIpc) is 2.55. The van der Waals surface area contributed by atoms with E-state index in [0.717, 1.165) is 34.2 Å². The van der Waals surface area contributed by atoms with Gasteiger partial charge in [0.2, 0.25) is 0 Å². The molecule has 4 nitrogen and oxygen atoms in total. The molecule has 0 radical (unpaired) electrons. The van der Waals surface area contributed by atoms with E-state index in [2.05, 4.69) is 22.5 Å². The van der Waals surface area contributed by atoms with E-state index in [9.17, 15) is 9.90 Å². The number of ether oxygens (including phenoxy) is 1. The number of allylic oxidation sites excluding steroid dienone is 2. The quantitative estimate of drug-likeness (QED) is 0.791. The van der Waals surface area contributed by atoms with Crippen molar-refractivity contribution in [3.05, 3.63) is 51.0 Å². The zero-order chi connectivity index (χ0) is 17.1. The molecule has 1 heterocycles. The molecule has 1 aromatic rings. The van der Waals surface area contributed by atoms with E-state index in [1.807, 2.05) is 26.8 Å². The molecule has 124 valence electrons. The van der Waals surface area contributed by atoms with Crippen LogP contribution in [0.5, 0.6) is 5.75 Å². The number of rotatable bonds is 3. The maximum atomic E-state index is 12.3. The second-order valence-electron chi connectivity index (χ2n) is 5.84. The van der Waals surface area contributed by atoms with E-state index < -0.39 is 0 Å². The molecule has 0 atom stereocenters. The molecule has 0 fully saturated rings. The molecule has 0 unspecified atom stereocenters. The number of nitrogens with zero attached hydrogens (tertiary/aromatic N) is 1. The Morgan fingerprint density at radius 2 is 2.09 bits per heavy atom. The van der Waals surface area contributed by atoms with Crippen LogP contribution in [0, 0.1) is 13.8 Å². The summed E-state index contributed by atoms with van der Waals surface area (Å²) < 4.78 is 6.05. The third-order valence-corrected chi connectivity index (χ3v) is 5.20. The van der Waals surface area contributed by atoms with E-state index in [0.29, 0.717) is 23.3 Å². The highest BCUT2D eigenvalue weighted by atomic mass is 79.9. The van der Waals surface area contributed by atoms with Crippen molar-refractivity contribution in [2.24, 2.45) is 0 Å². The summed E-state index contributed by atoms with van der Waals surface area (Å²) in [5.74, 6) is 0.294. The van der Waals surface area contributed by atoms with Crippen LogP contribution >= 0.6 is 15.9 Å². The van der Waals surface area contributed by atoms with Crippen molar-refractivity contribution in [1.82, 2.24) is 4.90 Å². The van der Waals surface area contributed by atoms with Crippen LogP contribution in [0.25, 0.3) is 0 Å². The molecule has 0 saturated carbocycles. The molecule has 2 rings (SSSR count). The standard InChI is InChI=1S/C18H22BrNO3/c1-5-6-11(2)10-23-18(22)20-8-7-14-13(4)17(21)16(19)12(3)15(14)9-20/h5-6,21H,1,7-10H2,2-4H3/b11-6+. The summed E-state index contributed by atoms with van der Waals surface area (Å²) in [6.07, 6.45) is 3.91. The molecule has 0 saturated heterocycles. The molecular weight excluding hydrogens is 358 g/mol. The highest BCUT2D eigenvalue weighted by Crippen LogP contribution is 2.38. The monoisotopic (exact) mass is 379 g/mol. The Hall–Kier alpha value is -1.75. The van der Waals surface area contributed by atoms with E-state index in [1.165, 1.54) is 0 Å². The van der Waals surface area contributed by atoms with Gasteiger partial charge in [0.1, 0.15) is 12.4 Å². The summed E-state index contributed by atoms with van der Waals surface area (Å²) in [7, 11) is 0. The number of hydrogen-bond donors (Lipinski definition) is 1. The Morgan fingerprint density at radius 3 is 2.74 bits per heavy atom. The molecule has 1 N–H and O–H groups in total. The van der Waals surface area contributed by atoms with Crippen molar-refractivity contribution in [3.8, 4) is 5.75 Å². The van der Waals surface area contributed by atoms with Crippen molar-refractivity contribution in [3.63, 3.8) is 0 Å². The van der Waals surface area contributed by atoms with Crippen molar-refractivity contribution < 1.29 is 14.6 Å². The summed E-state index contributed by atoms with van der Waals surface area (Å²) in [5, 5.41) is 10.1. The van der Waals surface area contributed by atoms with Gasteiger partial charge in [-0.05, 0) is 70.9 Å². The maximum Gasteiger partial charge on any atom is 0.410 e. The lowest BCUT2D eigenvalue weighted by Crippen LogP contribution is -2.37. The van der Waals surface area contributed by atoms with E-state index in [1.54, 1.807) is 11.0 Å². The van der Waals surface area contributed by atoms with E-state index in [-0.39, 0.29) is 12.7 Å². The average molecular weight is 380 g/mol. The summed E-state index contributed by atoms with van der Waals surface area (Å²) in [6, 6.07) is 0. The third-order valence-electron chi connectivity index (χ3n) is 4.23. The van der Waals surface area contributed by atoms with Gasteiger partial charge in [0.05, 0.1) is 4.47 Å². The first-order valence-corrected chi connectivity index (χ1v) is 8.35.